The summed E-state index contributed by atoms with van der Waals surface area (Å²) in [6, 6.07) is -0.559. The molecular formula is C15H28N2O3. The summed E-state index contributed by atoms with van der Waals surface area (Å²) in [4.78, 5) is 24.5. The molecule has 5 nitrogen and oxygen atoms in total. The Morgan fingerprint density at radius 2 is 1.90 bits per heavy atom. The zero-order valence-corrected chi connectivity index (χ0v) is 13.1. The van der Waals surface area contributed by atoms with Gasteiger partial charge < -0.3 is 15.4 Å². The van der Waals surface area contributed by atoms with Crippen molar-refractivity contribution in [3.8, 4) is 0 Å². The van der Waals surface area contributed by atoms with Gasteiger partial charge in [0.1, 0.15) is 6.04 Å². The van der Waals surface area contributed by atoms with Crippen molar-refractivity contribution in [3.63, 3.8) is 0 Å². The van der Waals surface area contributed by atoms with E-state index < -0.39 is 6.04 Å². The van der Waals surface area contributed by atoms with E-state index in [0.717, 1.165) is 38.8 Å². The Labute approximate surface area is 121 Å². The Hall–Kier alpha value is -1.10. The Morgan fingerprint density at radius 3 is 2.35 bits per heavy atom. The lowest BCUT2D eigenvalue weighted by Crippen LogP contribution is -2.53. The quantitative estimate of drug-likeness (QED) is 0.725. The summed E-state index contributed by atoms with van der Waals surface area (Å²) >= 11 is 0. The molecule has 1 atom stereocenters. The van der Waals surface area contributed by atoms with E-state index in [0.29, 0.717) is 0 Å². The van der Waals surface area contributed by atoms with Gasteiger partial charge in [0.15, 0.2) is 0 Å². The molecule has 0 aromatic heterocycles. The number of carbonyl (C=O) groups is 2. The van der Waals surface area contributed by atoms with Gasteiger partial charge in [-0.1, -0.05) is 27.2 Å². The predicted octanol–water partition coefficient (Wildman–Crippen LogP) is 1.47. The summed E-state index contributed by atoms with van der Waals surface area (Å²) in [6.07, 6.45) is 3.50. The molecule has 0 spiro atoms. The first-order valence-corrected chi connectivity index (χ1v) is 7.56. The lowest BCUT2D eigenvalue weighted by molar-refractivity contribution is -0.148. The third kappa shape index (κ3) is 3.95. The van der Waals surface area contributed by atoms with Crippen LogP contribution in [0.4, 0.5) is 0 Å². The highest BCUT2D eigenvalue weighted by Crippen LogP contribution is 2.34. The molecule has 0 radical (unpaired) electrons. The molecule has 1 fully saturated rings. The van der Waals surface area contributed by atoms with Crippen molar-refractivity contribution < 1.29 is 14.3 Å². The van der Waals surface area contributed by atoms with Gasteiger partial charge in [-0.25, -0.2) is 4.79 Å². The molecule has 0 bridgehead atoms. The Bertz CT molecular complexity index is 331. The number of piperidine rings is 1. The van der Waals surface area contributed by atoms with Crippen LogP contribution in [0.25, 0.3) is 0 Å². The van der Waals surface area contributed by atoms with Crippen LogP contribution in [0.15, 0.2) is 0 Å². The first kappa shape index (κ1) is 17.0. The fourth-order valence-corrected chi connectivity index (χ4v) is 2.89. The van der Waals surface area contributed by atoms with Crippen LogP contribution in [0, 0.1) is 11.3 Å². The van der Waals surface area contributed by atoms with E-state index in [9.17, 15) is 9.59 Å². The molecule has 1 amide bonds. The molecule has 1 aliphatic heterocycles. The Balaban J connectivity index is 2.81. The van der Waals surface area contributed by atoms with Crippen LogP contribution >= 0.6 is 0 Å². The molecule has 2 N–H and O–H groups in total. The maximum absolute atomic E-state index is 12.7. The van der Waals surface area contributed by atoms with Gasteiger partial charge in [0.05, 0.1) is 12.5 Å². The molecule has 1 heterocycles. The van der Waals surface area contributed by atoms with Gasteiger partial charge in [0.25, 0.3) is 0 Å². The van der Waals surface area contributed by atoms with Crippen molar-refractivity contribution in [2.75, 3.05) is 20.2 Å². The molecule has 1 unspecified atom stereocenters. The Kier molecular flexibility index (Phi) is 6.46. The molecule has 0 aromatic rings. The van der Waals surface area contributed by atoms with Crippen molar-refractivity contribution in [2.45, 2.75) is 52.5 Å². The van der Waals surface area contributed by atoms with Gasteiger partial charge in [-0.2, -0.15) is 0 Å². The predicted molar refractivity (Wildman–Crippen MR) is 78.2 cm³/mol. The maximum Gasteiger partial charge on any atom is 0.328 e. The number of nitrogens with one attached hydrogen (secondary N) is 2. The van der Waals surface area contributed by atoms with E-state index >= 15 is 0 Å². The van der Waals surface area contributed by atoms with Crippen LogP contribution in [-0.4, -0.2) is 38.1 Å². The molecule has 0 aliphatic carbocycles. The van der Waals surface area contributed by atoms with Gasteiger partial charge >= 0.3 is 5.97 Å². The zero-order valence-electron chi connectivity index (χ0n) is 13.1. The molecule has 1 aliphatic rings. The first-order valence-electron chi connectivity index (χ1n) is 7.56. The molecule has 1 rings (SSSR count). The molecular weight excluding hydrogens is 256 g/mol. The molecule has 0 saturated carbocycles. The average molecular weight is 284 g/mol. The number of amides is 1. The second-order valence-corrected chi connectivity index (χ2v) is 6.00. The van der Waals surface area contributed by atoms with E-state index in [1.807, 2.05) is 13.8 Å². The lowest BCUT2D eigenvalue weighted by Gasteiger charge is -2.37. The van der Waals surface area contributed by atoms with Crippen molar-refractivity contribution in [2.24, 2.45) is 11.3 Å². The number of hydrogen-bond acceptors (Lipinski definition) is 4. The minimum Gasteiger partial charge on any atom is -0.467 e. The minimum absolute atomic E-state index is 0.00458. The van der Waals surface area contributed by atoms with Gasteiger partial charge in [-0.3, -0.25) is 4.79 Å². The van der Waals surface area contributed by atoms with Crippen LogP contribution in [0.3, 0.4) is 0 Å². The molecule has 5 heteroatoms. The van der Waals surface area contributed by atoms with Crippen molar-refractivity contribution in [1.29, 1.82) is 0 Å². The molecule has 116 valence electrons. The highest BCUT2D eigenvalue weighted by atomic mass is 16.5. The van der Waals surface area contributed by atoms with E-state index in [1.165, 1.54) is 7.11 Å². The SMILES string of the molecule is CCCC1(C(=O)NC(C(=O)OC)C(C)C)CCNCC1. The van der Waals surface area contributed by atoms with Crippen LogP contribution in [0.2, 0.25) is 0 Å². The minimum atomic E-state index is -0.559. The summed E-state index contributed by atoms with van der Waals surface area (Å²) in [5.74, 6) is -0.342. The van der Waals surface area contributed by atoms with E-state index in [2.05, 4.69) is 17.6 Å². The van der Waals surface area contributed by atoms with Gasteiger partial charge in [-0.15, -0.1) is 0 Å². The fourth-order valence-electron chi connectivity index (χ4n) is 2.89. The second kappa shape index (κ2) is 7.62. The standard InChI is InChI=1S/C15H28N2O3/c1-5-6-15(7-9-16-10-8-15)14(19)17-12(11(2)3)13(18)20-4/h11-12,16H,5-10H2,1-4H3,(H,17,19). The van der Waals surface area contributed by atoms with E-state index in [-0.39, 0.29) is 23.2 Å². The molecule has 1 saturated heterocycles. The third-order valence-corrected chi connectivity index (χ3v) is 4.18. The number of rotatable bonds is 6. The molecule has 0 aromatic carbocycles. The second-order valence-electron chi connectivity index (χ2n) is 6.00. The number of hydrogen-bond donors (Lipinski definition) is 2. The summed E-state index contributed by atoms with van der Waals surface area (Å²) in [6.45, 7) is 7.64. The van der Waals surface area contributed by atoms with Crippen LogP contribution in [0.5, 0.6) is 0 Å². The van der Waals surface area contributed by atoms with E-state index in [4.69, 9.17) is 4.74 Å². The summed E-state index contributed by atoms with van der Waals surface area (Å²) in [7, 11) is 1.36. The smallest absolute Gasteiger partial charge is 0.328 e. The average Bonchev–Trinajstić information content (AvgIpc) is 2.44. The maximum atomic E-state index is 12.7. The zero-order chi connectivity index (χ0) is 15.2. The monoisotopic (exact) mass is 284 g/mol. The van der Waals surface area contributed by atoms with Crippen LogP contribution in [0.1, 0.15) is 46.5 Å². The van der Waals surface area contributed by atoms with E-state index in [1.54, 1.807) is 0 Å². The number of methoxy groups -OCH3 is 1. The van der Waals surface area contributed by atoms with Crippen molar-refractivity contribution in [1.82, 2.24) is 10.6 Å². The largest absolute Gasteiger partial charge is 0.467 e. The lowest BCUT2D eigenvalue weighted by atomic mass is 9.74. The highest BCUT2D eigenvalue weighted by Gasteiger charge is 2.40. The first-order chi connectivity index (χ1) is 9.46. The van der Waals surface area contributed by atoms with Crippen LogP contribution in [-0.2, 0) is 14.3 Å². The Morgan fingerprint density at radius 1 is 1.30 bits per heavy atom. The normalized spacial score (nSPS) is 19.4. The highest BCUT2D eigenvalue weighted by molar-refractivity contribution is 5.88. The number of carbonyl (C=O) groups excluding carboxylic acids is 2. The summed E-state index contributed by atoms with van der Waals surface area (Å²) in [5, 5.41) is 6.21. The van der Waals surface area contributed by atoms with Crippen molar-refractivity contribution >= 4 is 11.9 Å². The van der Waals surface area contributed by atoms with Gasteiger partial charge in [-0.05, 0) is 38.3 Å². The number of ether oxygens (including phenoxy) is 1. The summed E-state index contributed by atoms with van der Waals surface area (Å²) < 4.78 is 4.79. The van der Waals surface area contributed by atoms with Crippen LogP contribution < -0.4 is 10.6 Å². The summed E-state index contributed by atoms with van der Waals surface area (Å²) in [5.41, 5.74) is -0.332. The molecule has 20 heavy (non-hydrogen) atoms. The third-order valence-electron chi connectivity index (χ3n) is 4.18. The topological polar surface area (TPSA) is 67.4 Å². The van der Waals surface area contributed by atoms with Gasteiger partial charge in [0.2, 0.25) is 5.91 Å². The van der Waals surface area contributed by atoms with Crippen molar-refractivity contribution in [3.05, 3.63) is 0 Å². The fraction of sp³-hybridized carbons (Fsp3) is 0.867. The van der Waals surface area contributed by atoms with Gasteiger partial charge in [0, 0.05) is 0 Å². The number of esters is 1.